The van der Waals surface area contributed by atoms with E-state index in [1.54, 1.807) is 12.1 Å². The van der Waals surface area contributed by atoms with Gasteiger partial charge in [-0.15, -0.1) is 0 Å². The van der Waals surface area contributed by atoms with Crippen molar-refractivity contribution in [1.29, 1.82) is 0 Å². The van der Waals surface area contributed by atoms with Gasteiger partial charge in [0.25, 0.3) is 16.0 Å². The fourth-order valence-corrected chi connectivity index (χ4v) is 2.83. The van der Waals surface area contributed by atoms with E-state index in [0.29, 0.717) is 11.3 Å². The number of hydrogen-bond donors (Lipinski definition) is 2. The van der Waals surface area contributed by atoms with E-state index in [2.05, 4.69) is 25.8 Å². The number of ether oxygens (including phenoxy) is 1. The van der Waals surface area contributed by atoms with Gasteiger partial charge in [0.15, 0.2) is 0 Å². The Kier molecular flexibility index (Phi) is 6.32. The van der Waals surface area contributed by atoms with Crippen LogP contribution in [0.4, 0.5) is 17.1 Å². The molecule has 2 rings (SSSR count). The summed E-state index contributed by atoms with van der Waals surface area (Å²) >= 11 is 0. The minimum absolute atomic E-state index is 0.0440. The molecule has 0 aromatic heterocycles. The molecule has 0 radical (unpaired) electrons. The van der Waals surface area contributed by atoms with E-state index in [1.165, 1.54) is 39.4 Å². The summed E-state index contributed by atoms with van der Waals surface area (Å²) < 4.78 is 37.8. The van der Waals surface area contributed by atoms with Crippen molar-refractivity contribution in [1.82, 2.24) is 0 Å². The van der Waals surface area contributed by atoms with Crippen LogP contribution < -0.4 is 10.1 Å². The smallest absolute Gasteiger partial charge is 0.296 e. The fraction of sp³-hybridized carbons (Fsp3) is 0.188. The van der Waals surface area contributed by atoms with Gasteiger partial charge in [0.05, 0.1) is 18.5 Å². The Hall–Kier alpha value is -3.18. The van der Waals surface area contributed by atoms with Gasteiger partial charge in [-0.1, -0.05) is 0 Å². The highest BCUT2D eigenvalue weighted by Crippen LogP contribution is 2.36. The summed E-state index contributed by atoms with van der Waals surface area (Å²) in [6.45, 7) is 0. The molecule has 2 aromatic rings. The minimum atomic E-state index is -4.60. The van der Waals surface area contributed by atoms with Gasteiger partial charge in [0.2, 0.25) is 0 Å². The molecule has 0 bridgehead atoms. The van der Waals surface area contributed by atoms with Crippen LogP contribution in [0.15, 0.2) is 61.8 Å². The molecule has 10 nitrogen and oxygen atoms in total. The summed E-state index contributed by atoms with van der Waals surface area (Å²) in [7, 11) is -0.382. The van der Waals surface area contributed by atoms with Crippen LogP contribution in [-0.4, -0.2) is 40.1 Å². The third-order valence-corrected chi connectivity index (χ3v) is 4.24. The van der Waals surface area contributed by atoms with Crippen LogP contribution in [0.2, 0.25) is 0 Å². The summed E-state index contributed by atoms with van der Waals surface area (Å²) in [4.78, 5) is 11.9. The Labute approximate surface area is 155 Å². The molecule has 142 valence electrons. The van der Waals surface area contributed by atoms with E-state index >= 15 is 0 Å². The first kappa shape index (κ1) is 20.1. The second-order valence-corrected chi connectivity index (χ2v) is 6.49. The number of nitrogens with one attached hydrogen (secondary N) is 1. The fourth-order valence-electron chi connectivity index (χ4n) is 2.20. The standard InChI is InChI=1S/C16H17N5O5S/c1-17-20-11-6-4-10(5-7-11)16(22)19-12-9-15(27(23,24)25)13(21-18-2)8-14(12)26-3/h4-9H,1-3H3,(H,19,22)(H,23,24,25). The van der Waals surface area contributed by atoms with Gasteiger partial charge in [-0.25, -0.2) is 0 Å². The largest absolute Gasteiger partial charge is 0.494 e. The van der Waals surface area contributed by atoms with Crippen LogP contribution in [0.25, 0.3) is 0 Å². The number of carbonyl (C=O) groups is 1. The molecule has 0 aliphatic carbocycles. The highest BCUT2D eigenvalue weighted by molar-refractivity contribution is 7.86. The second-order valence-electron chi connectivity index (χ2n) is 5.10. The average molecular weight is 391 g/mol. The lowest BCUT2D eigenvalue weighted by atomic mass is 10.2. The number of carbonyl (C=O) groups excluding carboxylic acids is 1. The summed E-state index contributed by atoms with van der Waals surface area (Å²) in [6, 6.07) is 8.58. The molecule has 0 saturated carbocycles. The monoisotopic (exact) mass is 391 g/mol. The van der Waals surface area contributed by atoms with Crippen LogP contribution in [0.5, 0.6) is 5.75 Å². The van der Waals surface area contributed by atoms with Crippen molar-refractivity contribution in [2.24, 2.45) is 20.5 Å². The van der Waals surface area contributed by atoms with Crippen LogP contribution in [0, 0.1) is 0 Å². The van der Waals surface area contributed by atoms with Crippen molar-refractivity contribution in [3.8, 4) is 5.75 Å². The molecule has 0 atom stereocenters. The number of hydrogen-bond acceptors (Lipinski definition) is 8. The topological polar surface area (TPSA) is 142 Å². The van der Waals surface area contributed by atoms with E-state index in [0.717, 1.165) is 6.07 Å². The van der Waals surface area contributed by atoms with Crippen molar-refractivity contribution in [2.75, 3.05) is 26.5 Å². The Morgan fingerprint density at radius 2 is 1.70 bits per heavy atom. The van der Waals surface area contributed by atoms with Gasteiger partial charge in [0.1, 0.15) is 16.3 Å². The third kappa shape index (κ3) is 4.92. The minimum Gasteiger partial charge on any atom is -0.494 e. The summed E-state index contributed by atoms with van der Waals surface area (Å²) in [5.41, 5.74) is 0.805. The van der Waals surface area contributed by atoms with Crippen molar-refractivity contribution < 1.29 is 22.5 Å². The first-order chi connectivity index (χ1) is 12.8. The van der Waals surface area contributed by atoms with E-state index in [-0.39, 0.29) is 17.1 Å². The molecule has 0 heterocycles. The molecule has 0 unspecified atom stereocenters. The van der Waals surface area contributed by atoms with E-state index in [9.17, 15) is 17.8 Å². The average Bonchev–Trinajstić information content (AvgIpc) is 2.62. The number of benzene rings is 2. The van der Waals surface area contributed by atoms with Crippen LogP contribution >= 0.6 is 0 Å². The Morgan fingerprint density at radius 3 is 2.22 bits per heavy atom. The predicted octanol–water partition coefficient (Wildman–Crippen LogP) is 3.62. The lowest BCUT2D eigenvalue weighted by Crippen LogP contribution is -2.13. The molecular formula is C16H17N5O5S. The second kappa shape index (κ2) is 8.47. The van der Waals surface area contributed by atoms with Crippen LogP contribution in [-0.2, 0) is 10.1 Å². The lowest BCUT2D eigenvalue weighted by molar-refractivity contribution is 0.102. The summed E-state index contributed by atoms with van der Waals surface area (Å²) in [6.07, 6.45) is 0. The van der Waals surface area contributed by atoms with E-state index in [1.807, 2.05) is 0 Å². The zero-order valence-corrected chi connectivity index (χ0v) is 15.6. The molecule has 0 aliphatic heterocycles. The Morgan fingerprint density at radius 1 is 1.07 bits per heavy atom. The molecule has 0 aliphatic rings. The van der Waals surface area contributed by atoms with Crippen molar-refractivity contribution >= 4 is 33.1 Å². The first-order valence-corrected chi connectivity index (χ1v) is 8.94. The van der Waals surface area contributed by atoms with E-state index in [4.69, 9.17) is 4.74 Å². The Bertz CT molecular complexity index is 1000. The molecule has 27 heavy (non-hydrogen) atoms. The Balaban J connectivity index is 2.43. The van der Waals surface area contributed by atoms with Crippen molar-refractivity contribution in [2.45, 2.75) is 4.90 Å². The maximum Gasteiger partial charge on any atom is 0.296 e. The maximum absolute atomic E-state index is 12.4. The van der Waals surface area contributed by atoms with Gasteiger partial charge in [-0.2, -0.15) is 28.9 Å². The number of anilines is 1. The lowest BCUT2D eigenvalue weighted by Gasteiger charge is -2.13. The number of amides is 1. The van der Waals surface area contributed by atoms with Gasteiger partial charge in [-0.05, 0) is 30.3 Å². The van der Waals surface area contributed by atoms with Gasteiger partial charge in [-0.3, -0.25) is 9.35 Å². The van der Waals surface area contributed by atoms with Crippen LogP contribution in [0.3, 0.4) is 0 Å². The predicted molar refractivity (Wildman–Crippen MR) is 98.1 cm³/mol. The summed E-state index contributed by atoms with van der Waals surface area (Å²) in [5.74, 6) is -0.367. The van der Waals surface area contributed by atoms with Gasteiger partial charge in [0, 0.05) is 25.7 Å². The molecular weight excluding hydrogens is 374 g/mol. The maximum atomic E-state index is 12.4. The number of nitrogens with zero attached hydrogens (tertiary/aromatic N) is 4. The van der Waals surface area contributed by atoms with Crippen molar-refractivity contribution in [3.63, 3.8) is 0 Å². The molecule has 0 fully saturated rings. The molecule has 1 amide bonds. The highest BCUT2D eigenvalue weighted by atomic mass is 32.2. The quantitative estimate of drug-likeness (QED) is 0.571. The van der Waals surface area contributed by atoms with Crippen LogP contribution in [0.1, 0.15) is 10.4 Å². The first-order valence-electron chi connectivity index (χ1n) is 7.50. The van der Waals surface area contributed by atoms with Crippen molar-refractivity contribution in [3.05, 3.63) is 42.0 Å². The highest BCUT2D eigenvalue weighted by Gasteiger charge is 2.21. The van der Waals surface area contributed by atoms with Gasteiger partial charge < -0.3 is 10.1 Å². The summed E-state index contributed by atoms with van der Waals surface area (Å²) in [5, 5.41) is 17.2. The van der Waals surface area contributed by atoms with E-state index < -0.39 is 20.9 Å². The zero-order valence-electron chi connectivity index (χ0n) is 14.7. The number of azo groups is 2. The number of methoxy groups -OCH3 is 1. The SMILES string of the molecule is CN=Nc1ccc(C(=O)Nc2cc(S(=O)(=O)O)c(N=NC)cc2OC)cc1. The normalized spacial score (nSPS) is 11.9. The molecule has 0 spiro atoms. The van der Waals surface area contributed by atoms with Gasteiger partial charge >= 0.3 is 0 Å². The molecule has 11 heteroatoms. The molecule has 2 aromatic carbocycles. The molecule has 0 saturated heterocycles. The zero-order chi connectivity index (χ0) is 20.0. The third-order valence-electron chi connectivity index (χ3n) is 3.36. The number of rotatable bonds is 6. The molecule has 2 N–H and O–H groups in total.